The van der Waals surface area contributed by atoms with E-state index in [9.17, 15) is 0 Å². The lowest BCUT2D eigenvalue weighted by atomic mass is 10.2. The zero-order chi connectivity index (χ0) is 12.1. The van der Waals surface area contributed by atoms with Crippen molar-refractivity contribution in [1.29, 1.82) is 5.26 Å². The zero-order valence-electron chi connectivity index (χ0n) is 9.76. The second-order valence-electron chi connectivity index (χ2n) is 4.13. The molecule has 1 saturated heterocycles. The first-order valence-corrected chi connectivity index (χ1v) is 5.74. The van der Waals surface area contributed by atoms with Gasteiger partial charge >= 0.3 is 0 Å². The van der Waals surface area contributed by atoms with Crippen molar-refractivity contribution in [3.05, 3.63) is 29.8 Å². The summed E-state index contributed by atoms with van der Waals surface area (Å²) in [5, 5.41) is 8.74. The topological polar surface area (TPSA) is 30.3 Å². The Balaban J connectivity index is 1.96. The van der Waals surface area contributed by atoms with Crippen molar-refractivity contribution in [2.75, 3.05) is 37.6 Å². The average molecular weight is 225 g/mol. The Morgan fingerprint density at radius 2 is 1.76 bits per heavy atom. The highest BCUT2D eigenvalue weighted by Crippen LogP contribution is 2.16. The van der Waals surface area contributed by atoms with E-state index in [4.69, 9.17) is 11.7 Å². The van der Waals surface area contributed by atoms with Crippen LogP contribution in [0.5, 0.6) is 0 Å². The van der Waals surface area contributed by atoms with Gasteiger partial charge in [-0.15, -0.1) is 6.42 Å². The van der Waals surface area contributed by atoms with Crippen LogP contribution in [0.25, 0.3) is 0 Å². The molecule has 0 radical (unpaired) electrons. The molecule has 1 aliphatic heterocycles. The van der Waals surface area contributed by atoms with Crippen molar-refractivity contribution < 1.29 is 0 Å². The number of rotatable bonds is 2. The van der Waals surface area contributed by atoms with Gasteiger partial charge < -0.3 is 4.90 Å². The minimum absolute atomic E-state index is 0.708. The Bertz CT molecular complexity index is 442. The fourth-order valence-electron chi connectivity index (χ4n) is 2.04. The Kier molecular flexibility index (Phi) is 3.65. The molecule has 1 heterocycles. The summed E-state index contributed by atoms with van der Waals surface area (Å²) >= 11 is 0. The third-order valence-corrected chi connectivity index (χ3v) is 3.05. The highest BCUT2D eigenvalue weighted by atomic mass is 15.3. The SMILES string of the molecule is C#CCN1CCN(c2ccc(C#N)cc2)CC1. The van der Waals surface area contributed by atoms with E-state index >= 15 is 0 Å². The fraction of sp³-hybridized carbons (Fsp3) is 0.357. The average Bonchev–Trinajstić information content (AvgIpc) is 2.40. The summed E-state index contributed by atoms with van der Waals surface area (Å²) in [7, 11) is 0. The molecule has 0 spiro atoms. The molecule has 0 atom stereocenters. The fourth-order valence-corrected chi connectivity index (χ4v) is 2.04. The van der Waals surface area contributed by atoms with Crippen LogP contribution in [-0.2, 0) is 0 Å². The van der Waals surface area contributed by atoms with Crippen LogP contribution in [0.1, 0.15) is 5.56 Å². The molecule has 0 aromatic heterocycles. The molecule has 0 saturated carbocycles. The van der Waals surface area contributed by atoms with Crippen LogP contribution in [0, 0.1) is 23.7 Å². The molecule has 3 nitrogen and oxygen atoms in total. The Hall–Kier alpha value is -1.97. The van der Waals surface area contributed by atoms with Crippen molar-refractivity contribution in [1.82, 2.24) is 4.90 Å². The summed E-state index contributed by atoms with van der Waals surface area (Å²) in [5.41, 5.74) is 1.89. The standard InChI is InChI=1S/C14H15N3/c1-2-7-16-8-10-17(11-9-16)14-5-3-13(12-15)4-6-14/h1,3-6H,7-11H2. The molecule has 17 heavy (non-hydrogen) atoms. The van der Waals surface area contributed by atoms with Gasteiger partial charge in [-0.05, 0) is 24.3 Å². The molecule has 0 N–H and O–H groups in total. The van der Waals surface area contributed by atoms with Crippen LogP contribution >= 0.6 is 0 Å². The smallest absolute Gasteiger partial charge is 0.0991 e. The van der Waals surface area contributed by atoms with Gasteiger partial charge in [0, 0.05) is 31.9 Å². The van der Waals surface area contributed by atoms with Crippen LogP contribution in [0.2, 0.25) is 0 Å². The van der Waals surface area contributed by atoms with E-state index < -0.39 is 0 Å². The van der Waals surface area contributed by atoms with Crippen LogP contribution in [-0.4, -0.2) is 37.6 Å². The Labute approximate surface area is 102 Å². The maximum absolute atomic E-state index is 8.74. The minimum Gasteiger partial charge on any atom is -0.369 e. The van der Waals surface area contributed by atoms with Gasteiger partial charge in [0.05, 0.1) is 18.2 Å². The van der Waals surface area contributed by atoms with Gasteiger partial charge in [0.1, 0.15) is 0 Å². The van der Waals surface area contributed by atoms with Gasteiger partial charge in [0.15, 0.2) is 0 Å². The van der Waals surface area contributed by atoms with Crippen LogP contribution < -0.4 is 4.90 Å². The van der Waals surface area contributed by atoms with Gasteiger partial charge in [0.25, 0.3) is 0 Å². The number of hydrogen-bond donors (Lipinski definition) is 0. The second-order valence-corrected chi connectivity index (χ2v) is 4.13. The number of terminal acetylenes is 1. The summed E-state index contributed by atoms with van der Waals surface area (Å²) in [4.78, 5) is 4.61. The number of nitriles is 1. The summed E-state index contributed by atoms with van der Waals surface area (Å²) in [6.45, 7) is 4.73. The van der Waals surface area contributed by atoms with Gasteiger partial charge in [-0.25, -0.2) is 0 Å². The van der Waals surface area contributed by atoms with Crippen molar-refractivity contribution in [2.24, 2.45) is 0 Å². The van der Waals surface area contributed by atoms with Gasteiger partial charge in [-0.2, -0.15) is 5.26 Å². The second kappa shape index (κ2) is 5.39. The van der Waals surface area contributed by atoms with E-state index in [1.165, 1.54) is 5.69 Å². The maximum Gasteiger partial charge on any atom is 0.0991 e. The van der Waals surface area contributed by atoms with Crippen LogP contribution in [0.4, 0.5) is 5.69 Å². The van der Waals surface area contributed by atoms with E-state index in [1.54, 1.807) is 0 Å². The third kappa shape index (κ3) is 2.78. The molecule has 1 aromatic carbocycles. The van der Waals surface area contributed by atoms with E-state index in [-0.39, 0.29) is 0 Å². The summed E-state index contributed by atoms with van der Waals surface area (Å²) < 4.78 is 0. The van der Waals surface area contributed by atoms with Crippen molar-refractivity contribution in [3.63, 3.8) is 0 Å². The third-order valence-electron chi connectivity index (χ3n) is 3.05. The Morgan fingerprint density at radius 3 is 2.29 bits per heavy atom. The molecule has 1 aromatic rings. The first kappa shape index (κ1) is 11.5. The molecule has 1 aliphatic rings. The largest absolute Gasteiger partial charge is 0.369 e. The lowest BCUT2D eigenvalue weighted by Gasteiger charge is -2.35. The summed E-state index contributed by atoms with van der Waals surface area (Å²) in [6.07, 6.45) is 5.30. The first-order chi connectivity index (χ1) is 8.33. The molecule has 0 aliphatic carbocycles. The molecule has 86 valence electrons. The number of anilines is 1. The lowest BCUT2D eigenvalue weighted by molar-refractivity contribution is 0.288. The monoisotopic (exact) mass is 225 g/mol. The van der Waals surface area contributed by atoms with Gasteiger partial charge in [-0.3, -0.25) is 4.90 Å². The quantitative estimate of drug-likeness (QED) is 0.711. The predicted molar refractivity (Wildman–Crippen MR) is 68.6 cm³/mol. The van der Waals surface area contributed by atoms with Gasteiger partial charge in [0.2, 0.25) is 0 Å². The number of piperazine rings is 1. The minimum atomic E-state index is 0.708. The lowest BCUT2D eigenvalue weighted by Crippen LogP contribution is -2.46. The zero-order valence-corrected chi connectivity index (χ0v) is 9.76. The van der Waals surface area contributed by atoms with Crippen molar-refractivity contribution in [2.45, 2.75) is 0 Å². The highest BCUT2D eigenvalue weighted by molar-refractivity contribution is 5.50. The van der Waals surface area contributed by atoms with Gasteiger partial charge in [-0.1, -0.05) is 5.92 Å². The van der Waals surface area contributed by atoms with E-state index in [1.807, 2.05) is 24.3 Å². The molecule has 0 bridgehead atoms. The van der Waals surface area contributed by atoms with E-state index in [0.29, 0.717) is 5.56 Å². The maximum atomic E-state index is 8.74. The molecule has 0 unspecified atom stereocenters. The molecule has 0 amide bonds. The van der Waals surface area contributed by atoms with E-state index in [0.717, 1.165) is 32.7 Å². The molecule has 3 heteroatoms. The predicted octanol–water partition coefficient (Wildman–Crippen LogP) is 1.31. The van der Waals surface area contributed by atoms with Crippen LogP contribution in [0.15, 0.2) is 24.3 Å². The van der Waals surface area contributed by atoms with Crippen LogP contribution in [0.3, 0.4) is 0 Å². The molecule has 1 fully saturated rings. The Morgan fingerprint density at radius 1 is 1.12 bits per heavy atom. The van der Waals surface area contributed by atoms with E-state index in [2.05, 4.69) is 21.8 Å². The summed E-state index contributed by atoms with van der Waals surface area (Å²) in [5.74, 6) is 2.68. The normalized spacial score (nSPS) is 16.2. The first-order valence-electron chi connectivity index (χ1n) is 5.74. The highest BCUT2D eigenvalue weighted by Gasteiger charge is 2.15. The number of hydrogen-bond acceptors (Lipinski definition) is 3. The van der Waals surface area contributed by atoms with Crippen molar-refractivity contribution in [3.8, 4) is 18.4 Å². The summed E-state index contributed by atoms with van der Waals surface area (Å²) in [6, 6.07) is 9.88. The number of benzene rings is 1. The molecule has 2 rings (SSSR count). The number of nitrogens with zero attached hydrogens (tertiary/aromatic N) is 3. The molecular formula is C14H15N3. The van der Waals surface area contributed by atoms with Crippen molar-refractivity contribution >= 4 is 5.69 Å². The molecular weight excluding hydrogens is 210 g/mol.